The zero-order chi connectivity index (χ0) is 26.6. The molecular weight excluding hydrogens is 536 g/mol. The predicted molar refractivity (Wildman–Crippen MR) is 128 cm³/mol. The summed E-state index contributed by atoms with van der Waals surface area (Å²) in [5, 5.41) is 8.36. The summed E-state index contributed by atoms with van der Waals surface area (Å²) in [6.07, 6.45) is -0.922. The van der Waals surface area contributed by atoms with Gasteiger partial charge < -0.3 is 9.47 Å². The Hall–Kier alpha value is -3.63. The number of imide groups is 1. The van der Waals surface area contributed by atoms with Gasteiger partial charge in [-0.2, -0.15) is 18.4 Å². The zero-order valence-electron chi connectivity index (χ0n) is 18.8. The predicted octanol–water partition coefficient (Wildman–Crippen LogP) is 4.99. The molecule has 1 fully saturated rings. The molecule has 5 rings (SSSR count). The number of aryl methyl sites for hydroxylation is 1. The van der Waals surface area contributed by atoms with Crippen molar-refractivity contribution in [1.82, 2.24) is 19.4 Å². The molecule has 3 aromatic rings. The average molecular weight is 551 g/mol. The standard InChI is InChI=1S/C23H15ClF4N6O2S/c1-32-18-14(31-21(32)23(26,27)28)9-30-10-16(18)34-20(35)19-15(33(22(34)36)6-2-5-29)8-17(37-19)12-4-3-11(25)7-13(12)24/h3-4,7-10,15,19H,2,6H2,1H3. The number of imidazole rings is 1. The van der Waals surface area contributed by atoms with Crippen molar-refractivity contribution in [1.29, 1.82) is 5.26 Å². The van der Waals surface area contributed by atoms with Crippen molar-refractivity contribution in [2.75, 3.05) is 11.4 Å². The van der Waals surface area contributed by atoms with Gasteiger partial charge in [0.2, 0.25) is 5.82 Å². The minimum atomic E-state index is -4.78. The molecule has 0 N–H and O–H groups in total. The Bertz CT molecular complexity index is 1530. The van der Waals surface area contributed by atoms with Crippen molar-refractivity contribution in [2.24, 2.45) is 7.05 Å². The first-order valence-electron chi connectivity index (χ1n) is 10.8. The fourth-order valence-corrected chi connectivity index (χ4v) is 6.16. The van der Waals surface area contributed by atoms with Gasteiger partial charge in [0.15, 0.2) is 0 Å². The van der Waals surface area contributed by atoms with E-state index in [2.05, 4.69) is 9.97 Å². The molecule has 2 unspecified atom stereocenters. The largest absolute Gasteiger partial charge is 0.449 e. The second kappa shape index (κ2) is 9.04. The maximum absolute atomic E-state index is 13.7. The minimum Gasteiger partial charge on any atom is -0.322 e. The molecule has 0 saturated carbocycles. The third kappa shape index (κ3) is 4.10. The highest BCUT2D eigenvalue weighted by atomic mass is 35.5. The van der Waals surface area contributed by atoms with Crippen LogP contribution in [0.4, 0.5) is 28.0 Å². The van der Waals surface area contributed by atoms with E-state index in [1.165, 1.54) is 17.0 Å². The molecule has 2 aliphatic heterocycles. The number of nitrogens with zero attached hydrogens (tertiary/aromatic N) is 6. The van der Waals surface area contributed by atoms with Crippen LogP contribution in [0, 0.1) is 17.1 Å². The molecule has 0 spiro atoms. The van der Waals surface area contributed by atoms with Gasteiger partial charge in [0.1, 0.15) is 16.6 Å². The number of carbonyl (C=O) groups is 2. The molecule has 1 aromatic carbocycles. The molecule has 4 heterocycles. The first kappa shape index (κ1) is 25.0. The summed E-state index contributed by atoms with van der Waals surface area (Å²) in [6.45, 7) is -0.0373. The molecule has 1 saturated heterocycles. The SMILES string of the molecule is Cn1c(C(F)(F)F)nc2cncc(N3C(=O)C4SC(c5ccc(F)cc5Cl)=CC4N(CCC#N)C3=O)c21. The van der Waals surface area contributed by atoms with E-state index in [0.29, 0.717) is 10.5 Å². The lowest BCUT2D eigenvalue weighted by atomic mass is 10.0. The lowest BCUT2D eigenvalue weighted by Gasteiger charge is -2.40. The number of nitriles is 1. The lowest BCUT2D eigenvalue weighted by molar-refractivity contribution is -0.146. The molecule has 0 radical (unpaired) electrons. The Morgan fingerprint density at radius 2 is 2.00 bits per heavy atom. The van der Waals surface area contributed by atoms with Crippen LogP contribution >= 0.6 is 23.4 Å². The number of carbonyl (C=O) groups excluding carboxylic acids is 2. The normalized spacial score (nSPS) is 19.9. The summed E-state index contributed by atoms with van der Waals surface area (Å²) >= 11 is 7.31. The Labute approximate surface area is 216 Å². The van der Waals surface area contributed by atoms with Crippen molar-refractivity contribution in [3.63, 3.8) is 0 Å². The van der Waals surface area contributed by atoms with Crippen molar-refractivity contribution in [3.05, 3.63) is 58.9 Å². The molecule has 2 aliphatic rings. The lowest BCUT2D eigenvalue weighted by Crippen LogP contribution is -2.62. The van der Waals surface area contributed by atoms with E-state index < -0.39 is 41.0 Å². The van der Waals surface area contributed by atoms with Crippen LogP contribution in [0.25, 0.3) is 15.9 Å². The first-order valence-corrected chi connectivity index (χ1v) is 12.0. The summed E-state index contributed by atoms with van der Waals surface area (Å²) in [5.41, 5.74) is 0.0575. The maximum atomic E-state index is 13.7. The number of pyridine rings is 1. The smallest absolute Gasteiger partial charge is 0.322 e. The number of anilines is 1. The van der Waals surface area contributed by atoms with Gasteiger partial charge in [0, 0.05) is 24.1 Å². The van der Waals surface area contributed by atoms with Crippen molar-refractivity contribution >= 4 is 56.9 Å². The number of rotatable bonds is 4. The Morgan fingerprint density at radius 3 is 2.68 bits per heavy atom. The van der Waals surface area contributed by atoms with Gasteiger partial charge in [-0.3, -0.25) is 9.78 Å². The van der Waals surface area contributed by atoms with Crippen LogP contribution in [-0.2, 0) is 18.0 Å². The Morgan fingerprint density at radius 1 is 1.24 bits per heavy atom. The Balaban J connectivity index is 1.61. The van der Waals surface area contributed by atoms with Gasteiger partial charge in [-0.1, -0.05) is 11.6 Å². The molecule has 14 heteroatoms. The van der Waals surface area contributed by atoms with E-state index in [4.69, 9.17) is 16.9 Å². The van der Waals surface area contributed by atoms with Crippen molar-refractivity contribution < 1.29 is 27.2 Å². The fourth-order valence-electron chi connectivity index (χ4n) is 4.46. The molecule has 8 nitrogen and oxygen atoms in total. The molecule has 37 heavy (non-hydrogen) atoms. The van der Waals surface area contributed by atoms with Crippen molar-refractivity contribution in [2.45, 2.75) is 23.9 Å². The number of halogens is 5. The topological polar surface area (TPSA) is 95.1 Å². The monoisotopic (exact) mass is 550 g/mol. The molecule has 190 valence electrons. The number of alkyl halides is 3. The summed E-state index contributed by atoms with van der Waals surface area (Å²) in [4.78, 5) is 37.5. The number of thioether (sulfide) groups is 1. The summed E-state index contributed by atoms with van der Waals surface area (Å²) < 4.78 is 54.9. The minimum absolute atomic E-state index is 0.0373. The van der Waals surface area contributed by atoms with Crippen LogP contribution in [0.15, 0.2) is 36.7 Å². The number of hydrogen-bond donors (Lipinski definition) is 0. The molecule has 2 aromatic heterocycles. The van der Waals surface area contributed by atoms with E-state index in [1.54, 1.807) is 6.08 Å². The zero-order valence-corrected chi connectivity index (χ0v) is 20.4. The fraction of sp³-hybridized carbons (Fsp3) is 0.261. The number of hydrogen-bond acceptors (Lipinski definition) is 6. The number of amides is 3. The van der Waals surface area contributed by atoms with Gasteiger partial charge in [-0.05, 0) is 24.3 Å². The highest BCUT2D eigenvalue weighted by molar-refractivity contribution is 8.09. The summed E-state index contributed by atoms with van der Waals surface area (Å²) in [5.74, 6) is -2.43. The van der Waals surface area contributed by atoms with Crippen LogP contribution in [0.3, 0.4) is 0 Å². The highest BCUT2D eigenvalue weighted by Gasteiger charge is 2.50. The first-order chi connectivity index (χ1) is 17.5. The third-order valence-corrected chi connectivity index (χ3v) is 7.72. The van der Waals surface area contributed by atoms with E-state index >= 15 is 0 Å². The van der Waals surface area contributed by atoms with Crippen LogP contribution in [0.1, 0.15) is 17.8 Å². The van der Waals surface area contributed by atoms with E-state index in [1.807, 2.05) is 6.07 Å². The van der Waals surface area contributed by atoms with Gasteiger partial charge in [-0.15, -0.1) is 11.8 Å². The number of aromatic nitrogens is 3. The second-order valence-electron chi connectivity index (χ2n) is 8.26. The average Bonchev–Trinajstić information content (AvgIpc) is 3.41. The molecular formula is C23H15ClF4N6O2S. The van der Waals surface area contributed by atoms with Crippen LogP contribution in [-0.4, -0.2) is 49.2 Å². The summed E-state index contributed by atoms with van der Waals surface area (Å²) in [6, 6.07) is 4.19. The molecule has 2 atom stereocenters. The van der Waals surface area contributed by atoms with Gasteiger partial charge in [-0.25, -0.2) is 19.1 Å². The molecule has 3 amide bonds. The van der Waals surface area contributed by atoms with E-state index in [-0.39, 0.29) is 34.7 Å². The van der Waals surface area contributed by atoms with Gasteiger partial charge in [0.25, 0.3) is 5.91 Å². The van der Waals surface area contributed by atoms with Crippen LogP contribution in [0.5, 0.6) is 0 Å². The summed E-state index contributed by atoms with van der Waals surface area (Å²) in [7, 11) is 1.14. The van der Waals surface area contributed by atoms with Gasteiger partial charge in [0.05, 0.1) is 47.2 Å². The maximum Gasteiger partial charge on any atom is 0.449 e. The number of urea groups is 1. The van der Waals surface area contributed by atoms with Crippen molar-refractivity contribution in [3.8, 4) is 6.07 Å². The second-order valence-corrected chi connectivity index (χ2v) is 9.85. The highest BCUT2D eigenvalue weighted by Crippen LogP contribution is 2.47. The van der Waals surface area contributed by atoms with Crippen LogP contribution in [0.2, 0.25) is 5.02 Å². The number of fused-ring (bicyclic) bond motifs is 2. The van der Waals surface area contributed by atoms with Crippen LogP contribution < -0.4 is 4.90 Å². The Kier molecular flexibility index (Phi) is 6.12. The molecule has 0 aliphatic carbocycles. The van der Waals surface area contributed by atoms with E-state index in [9.17, 15) is 27.2 Å². The third-order valence-electron chi connectivity index (χ3n) is 6.06. The van der Waals surface area contributed by atoms with E-state index in [0.717, 1.165) is 46.7 Å². The number of benzene rings is 1. The molecule has 0 bridgehead atoms. The quantitative estimate of drug-likeness (QED) is 0.425. The van der Waals surface area contributed by atoms with Gasteiger partial charge >= 0.3 is 12.2 Å².